The van der Waals surface area contributed by atoms with Crippen molar-refractivity contribution in [3.05, 3.63) is 23.3 Å². The van der Waals surface area contributed by atoms with Gasteiger partial charge in [-0.05, 0) is 37.3 Å². The van der Waals surface area contributed by atoms with Gasteiger partial charge in [-0.3, -0.25) is 9.59 Å². The Labute approximate surface area is 109 Å². The Morgan fingerprint density at radius 2 is 2.00 bits per heavy atom. The summed E-state index contributed by atoms with van der Waals surface area (Å²) < 4.78 is 0. The Balaban J connectivity index is 2.97. The summed E-state index contributed by atoms with van der Waals surface area (Å²) in [5.41, 5.74) is 1.26. The third-order valence-corrected chi connectivity index (χ3v) is 3.28. The SMILES string of the molecule is CCCC/C1=C/C(=O)C(C)C/C=C(\CCO)C1=O. The van der Waals surface area contributed by atoms with Gasteiger partial charge in [0.05, 0.1) is 0 Å². The number of allylic oxidation sites excluding steroid dienone is 3. The Morgan fingerprint density at radius 1 is 1.28 bits per heavy atom. The summed E-state index contributed by atoms with van der Waals surface area (Å²) in [7, 11) is 0. The molecule has 1 aliphatic rings. The highest BCUT2D eigenvalue weighted by Gasteiger charge is 2.21. The molecule has 0 aromatic rings. The molecule has 1 unspecified atom stereocenters. The molecule has 1 atom stereocenters. The topological polar surface area (TPSA) is 54.4 Å². The summed E-state index contributed by atoms with van der Waals surface area (Å²) in [6.45, 7) is 3.91. The molecule has 100 valence electrons. The predicted octanol–water partition coefficient (Wildman–Crippen LogP) is 2.59. The van der Waals surface area contributed by atoms with Gasteiger partial charge in [0.2, 0.25) is 0 Å². The summed E-state index contributed by atoms with van der Waals surface area (Å²) in [6, 6.07) is 0. The van der Waals surface area contributed by atoms with E-state index in [-0.39, 0.29) is 24.1 Å². The van der Waals surface area contributed by atoms with E-state index in [1.54, 1.807) is 0 Å². The number of carbonyl (C=O) groups is 2. The molecular weight excluding hydrogens is 228 g/mol. The number of Topliss-reactive ketones (excluding diaryl/α,β-unsaturated/α-hetero) is 1. The molecule has 0 aromatic carbocycles. The quantitative estimate of drug-likeness (QED) is 0.816. The van der Waals surface area contributed by atoms with Gasteiger partial charge in [-0.1, -0.05) is 26.3 Å². The fourth-order valence-corrected chi connectivity index (χ4v) is 2.00. The van der Waals surface area contributed by atoms with Crippen LogP contribution >= 0.6 is 0 Å². The molecule has 0 aromatic heterocycles. The molecule has 0 fully saturated rings. The van der Waals surface area contributed by atoms with E-state index in [1.165, 1.54) is 6.08 Å². The van der Waals surface area contributed by atoms with Crippen molar-refractivity contribution in [3.63, 3.8) is 0 Å². The van der Waals surface area contributed by atoms with Crippen molar-refractivity contribution in [2.24, 2.45) is 5.92 Å². The summed E-state index contributed by atoms with van der Waals surface area (Å²) in [4.78, 5) is 24.1. The normalized spacial score (nSPS) is 26.9. The zero-order chi connectivity index (χ0) is 13.5. The molecule has 0 amide bonds. The number of aliphatic hydroxyl groups is 1. The van der Waals surface area contributed by atoms with Crippen LogP contribution in [0.2, 0.25) is 0 Å². The zero-order valence-electron chi connectivity index (χ0n) is 11.2. The summed E-state index contributed by atoms with van der Waals surface area (Å²) in [6.07, 6.45) is 6.85. The molecule has 0 saturated heterocycles. The van der Waals surface area contributed by atoms with Gasteiger partial charge in [0, 0.05) is 18.1 Å². The number of hydrogen-bond donors (Lipinski definition) is 1. The maximum atomic E-state index is 12.2. The number of hydrogen-bond acceptors (Lipinski definition) is 3. The highest BCUT2D eigenvalue weighted by molar-refractivity contribution is 6.12. The van der Waals surface area contributed by atoms with Crippen LogP contribution < -0.4 is 0 Å². The second kappa shape index (κ2) is 7.27. The van der Waals surface area contributed by atoms with Crippen molar-refractivity contribution in [2.45, 2.75) is 46.0 Å². The van der Waals surface area contributed by atoms with Crippen LogP contribution in [0.1, 0.15) is 46.0 Å². The Hall–Kier alpha value is -1.22. The van der Waals surface area contributed by atoms with Crippen molar-refractivity contribution in [1.29, 1.82) is 0 Å². The first-order chi connectivity index (χ1) is 8.60. The van der Waals surface area contributed by atoms with Gasteiger partial charge in [-0.25, -0.2) is 0 Å². The van der Waals surface area contributed by atoms with Gasteiger partial charge in [-0.2, -0.15) is 0 Å². The molecule has 3 heteroatoms. The number of aliphatic hydroxyl groups excluding tert-OH is 1. The van der Waals surface area contributed by atoms with Crippen molar-refractivity contribution >= 4 is 11.6 Å². The highest BCUT2D eigenvalue weighted by Crippen LogP contribution is 2.22. The maximum Gasteiger partial charge on any atom is 0.184 e. The molecule has 0 heterocycles. The summed E-state index contributed by atoms with van der Waals surface area (Å²) >= 11 is 0. The van der Waals surface area contributed by atoms with Gasteiger partial charge in [0.1, 0.15) is 0 Å². The lowest BCUT2D eigenvalue weighted by atomic mass is 9.88. The van der Waals surface area contributed by atoms with Crippen LogP contribution in [0.3, 0.4) is 0 Å². The first kappa shape index (κ1) is 14.8. The average molecular weight is 250 g/mol. The second-order valence-electron chi connectivity index (χ2n) is 4.84. The first-order valence-electron chi connectivity index (χ1n) is 6.69. The van der Waals surface area contributed by atoms with Crippen molar-refractivity contribution in [2.75, 3.05) is 6.61 Å². The van der Waals surface area contributed by atoms with E-state index in [0.717, 1.165) is 12.8 Å². The smallest absolute Gasteiger partial charge is 0.184 e. The Bertz CT molecular complexity index is 377. The number of ketones is 2. The van der Waals surface area contributed by atoms with Crippen LogP contribution in [0.5, 0.6) is 0 Å². The minimum atomic E-state index is -0.0802. The minimum Gasteiger partial charge on any atom is -0.396 e. The molecule has 0 aliphatic heterocycles. The van der Waals surface area contributed by atoms with Gasteiger partial charge in [0.15, 0.2) is 11.6 Å². The standard InChI is InChI=1S/C15H22O3/c1-3-4-5-13-10-14(17)11(2)6-7-12(8-9-16)15(13)18/h7,10-11,16H,3-6,8-9H2,1-2H3/b12-7+,13-10-. The molecule has 0 radical (unpaired) electrons. The van der Waals surface area contributed by atoms with E-state index >= 15 is 0 Å². The van der Waals surface area contributed by atoms with Crippen LogP contribution in [-0.4, -0.2) is 23.3 Å². The predicted molar refractivity (Wildman–Crippen MR) is 71.2 cm³/mol. The van der Waals surface area contributed by atoms with E-state index < -0.39 is 0 Å². The minimum absolute atomic E-state index is 0.0268. The lowest BCUT2D eigenvalue weighted by molar-refractivity contribution is -0.118. The number of rotatable bonds is 5. The van der Waals surface area contributed by atoms with E-state index in [2.05, 4.69) is 6.92 Å². The van der Waals surface area contributed by atoms with Crippen LogP contribution in [0.25, 0.3) is 0 Å². The largest absolute Gasteiger partial charge is 0.396 e. The monoisotopic (exact) mass is 250 g/mol. The Kier molecular flexibility index (Phi) is 5.99. The zero-order valence-corrected chi connectivity index (χ0v) is 11.2. The van der Waals surface area contributed by atoms with Crippen molar-refractivity contribution < 1.29 is 14.7 Å². The van der Waals surface area contributed by atoms with Crippen LogP contribution in [-0.2, 0) is 9.59 Å². The van der Waals surface area contributed by atoms with E-state index in [4.69, 9.17) is 5.11 Å². The maximum absolute atomic E-state index is 12.2. The summed E-state index contributed by atoms with van der Waals surface area (Å²) in [5, 5.41) is 9.00. The molecular formula is C15H22O3. The number of unbranched alkanes of at least 4 members (excludes halogenated alkanes) is 1. The van der Waals surface area contributed by atoms with Gasteiger partial charge in [-0.15, -0.1) is 0 Å². The molecule has 0 spiro atoms. The lowest BCUT2D eigenvalue weighted by Gasteiger charge is -2.15. The third kappa shape index (κ3) is 3.91. The van der Waals surface area contributed by atoms with Crippen LogP contribution in [0, 0.1) is 5.92 Å². The second-order valence-corrected chi connectivity index (χ2v) is 4.84. The molecule has 3 nitrogen and oxygen atoms in total. The average Bonchev–Trinajstić information content (AvgIpc) is 2.36. The van der Waals surface area contributed by atoms with Gasteiger partial charge in [0.25, 0.3) is 0 Å². The fraction of sp³-hybridized carbons (Fsp3) is 0.600. The van der Waals surface area contributed by atoms with Crippen molar-refractivity contribution in [1.82, 2.24) is 0 Å². The Morgan fingerprint density at radius 3 is 2.61 bits per heavy atom. The molecule has 0 saturated carbocycles. The highest BCUT2D eigenvalue weighted by atomic mass is 16.3. The van der Waals surface area contributed by atoms with Gasteiger partial charge >= 0.3 is 0 Å². The number of carbonyl (C=O) groups excluding carboxylic acids is 2. The molecule has 1 rings (SSSR count). The first-order valence-corrected chi connectivity index (χ1v) is 6.69. The van der Waals surface area contributed by atoms with E-state index in [9.17, 15) is 9.59 Å². The van der Waals surface area contributed by atoms with Crippen LogP contribution in [0.15, 0.2) is 23.3 Å². The third-order valence-electron chi connectivity index (χ3n) is 3.28. The van der Waals surface area contributed by atoms with Crippen LogP contribution in [0.4, 0.5) is 0 Å². The van der Waals surface area contributed by atoms with E-state index in [0.29, 0.717) is 30.4 Å². The lowest BCUT2D eigenvalue weighted by Crippen LogP contribution is -2.17. The van der Waals surface area contributed by atoms with E-state index in [1.807, 2.05) is 13.0 Å². The van der Waals surface area contributed by atoms with Gasteiger partial charge < -0.3 is 5.11 Å². The molecule has 0 bridgehead atoms. The molecule has 1 aliphatic carbocycles. The summed E-state index contributed by atoms with van der Waals surface area (Å²) in [5.74, 6) is -0.102. The van der Waals surface area contributed by atoms with Crippen molar-refractivity contribution in [3.8, 4) is 0 Å². The molecule has 1 N–H and O–H groups in total. The fourth-order valence-electron chi connectivity index (χ4n) is 2.00. The molecule has 18 heavy (non-hydrogen) atoms.